The van der Waals surface area contributed by atoms with Gasteiger partial charge in [-0.2, -0.15) is 0 Å². The minimum absolute atomic E-state index is 0.427. The number of hydrogen-bond acceptors (Lipinski definition) is 2. The van der Waals surface area contributed by atoms with E-state index in [1.807, 2.05) is 6.92 Å². The van der Waals surface area contributed by atoms with Crippen LogP contribution in [0.15, 0.2) is 0 Å². The predicted molar refractivity (Wildman–Crippen MR) is 43.5 cm³/mol. The third kappa shape index (κ3) is 3.51. The van der Waals surface area contributed by atoms with Gasteiger partial charge in [-0.3, -0.25) is 4.79 Å². The van der Waals surface area contributed by atoms with Crippen LogP contribution in [0.25, 0.3) is 0 Å². The topological polar surface area (TPSA) is 26.3 Å². The van der Waals surface area contributed by atoms with E-state index in [4.69, 9.17) is 4.74 Å². The highest BCUT2D eigenvalue weighted by Crippen LogP contribution is 2.31. The van der Waals surface area contributed by atoms with Gasteiger partial charge in [0.25, 0.3) is 0 Å². The fourth-order valence-corrected chi connectivity index (χ4v) is 1.10. The molecule has 2 heteroatoms. The van der Waals surface area contributed by atoms with E-state index in [2.05, 4.69) is 0 Å². The maximum atomic E-state index is 11.1. The highest BCUT2D eigenvalue weighted by molar-refractivity contribution is 5.83. The van der Waals surface area contributed by atoms with Gasteiger partial charge in [-0.15, -0.1) is 0 Å². The second-order valence-electron chi connectivity index (χ2n) is 3.04. The molecule has 0 aromatic rings. The molecule has 0 aliphatic heterocycles. The summed E-state index contributed by atoms with van der Waals surface area (Å²) in [4.78, 5) is 11.1. The number of carbonyl (C=O) groups excluding carboxylic acids is 1. The van der Waals surface area contributed by atoms with Crippen LogP contribution >= 0.6 is 0 Å². The van der Waals surface area contributed by atoms with Crippen LogP contribution in [-0.2, 0) is 9.53 Å². The second kappa shape index (κ2) is 4.50. The van der Waals surface area contributed by atoms with Crippen LogP contribution in [0.3, 0.4) is 0 Å². The summed E-state index contributed by atoms with van der Waals surface area (Å²) >= 11 is 0. The van der Waals surface area contributed by atoms with Gasteiger partial charge in [-0.05, 0) is 26.2 Å². The molecule has 11 heavy (non-hydrogen) atoms. The summed E-state index contributed by atoms with van der Waals surface area (Å²) in [5, 5.41) is 0. The average Bonchev–Trinajstić information content (AvgIpc) is 2.79. The molecular formula is C9H16O2. The lowest BCUT2D eigenvalue weighted by molar-refractivity contribution is -0.120. The molecule has 0 atom stereocenters. The van der Waals surface area contributed by atoms with E-state index in [0.717, 1.165) is 38.9 Å². The lowest BCUT2D eigenvalue weighted by Crippen LogP contribution is -2.02. The summed E-state index contributed by atoms with van der Waals surface area (Å²) in [5.41, 5.74) is 0. The Kier molecular flexibility index (Phi) is 3.57. The first-order valence-electron chi connectivity index (χ1n) is 4.45. The van der Waals surface area contributed by atoms with Crippen molar-refractivity contribution in [2.24, 2.45) is 5.92 Å². The fraction of sp³-hybridized carbons (Fsp3) is 0.889. The predicted octanol–water partition coefficient (Wildman–Crippen LogP) is 1.78. The molecule has 1 rings (SSSR count). The van der Waals surface area contributed by atoms with E-state index < -0.39 is 0 Å². The zero-order chi connectivity index (χ0) is 8.10. The van der Waals surface area contributed by atoms with Crippen LogP contribution in [0.1, 0.15) is 32.6 Å². The van der Waals surface area contributed by atoms with Gasteiger partial charge < -0.3 is 4.74 Å². The van der Waals surface area contributed by atoms with Crippen molar-refractivity contribution in [1.82, 2.24) is 0 Å². The first-order valence-corrected chi connectivity index (χ1v) is 4.45. The maximum absolute atomic E-state index is 11.1. The summed E-state index contributed by atoms with van der Waals surface area (Å²) in [5.74, 6) is 0.876. The molecule has 1 aliphatic rings. The van der Waals surface area contributed by atoms with E-state index in [1.54, 1.807) is 0 Å². The number of Topliss-reactive ketones (excluding diaryl/α,β-unsaturated/α-hetero) is 1. The van der Waals surface area contributed by atoms with Crippen molar-refractivity contribution >= 4 is 5.78 Å². The molecule has 0 aromatic carbocycles. The van der Waals surface area contributed by atoms with Crippen molar-refractivity contribution in [3.63, 3.8) is 0 Å². The average molecular weight is 156 g/mol. The Hall–Kier alpha value is -0.370. The Balaban J connectivity index is 1.89. The van der Waals surface area contributed by atoms with Crippen molar-refractivity contribution in [2.45, 2.75) is 32.6 Å². The summed E-state index contributed by atoms with van der Waals surface area (Å²) < 4.78 is 5.13. The van der Waals surface area contributed by atoms with Crippen LogP contribution in [0.2, 0.25) is 0 Å². The van der Waals surface area contributed by atoms with Crippen LogP contribution in [0, 0.1) is 5.92 Å². The van der Waals surface area contributed by atoms with Crippen LogP contribution < -0.4 is 0 Å². The third-order valence-electron chi connectivity index (χ3n) is 1.95. The van der Waals surface area contributed by atoms with E-state index in [9.17, 15) is 4.79 Å². The first kappa shape index (κ1) is 8.72. The van der Waals surface area contributed by atoms with Gasteiger partial charge in [-0.1, -0.05) is 0 Å². The van der Waals surface area contributed by atoms with Crippen molar-refractivity contribution in [1.29, 1.82) is 0 Å². The zero-order valence-corrected chi connectivity index (χ0v) is 7.14. The van der Waals surface area contributed by atoms with Gasteiger partial charge in [0.15, 0.2) is 0 Å². The van der Waals surface area contributed by atoms with Crippen molar-refractivity contribution in [3.8, 4) is 0 Å². The molecule has 0 heterocycles. The molecule has 2 nitrogen and oxygen atoms in total. The summed E-state index contributed by atoms with van der Waals surface area (Å²) in [7, 11) is 0. The standard InChI is InChI=1S/C9H16O2/c1-2-11-7-3-4-9(10)8-5-6-8/h8H,2-7H2,1H3. The van der Waals surface area contributed by atoms with Gasteiger partial charge in [0, 0.05) is 25.6 Å². The van der Waals surface area contributed by atoms with Crippen LogP contribution in [0.5, 0.6) is 0 Å². The van der Waals surface area contributed by atoms with Gasteiger partial charge in [0.05, 0.1) is 0 Å². The minimum atomic E-state index is 0.427. The van der Waals surface area contributed by atoms with Gasteiger partial charge >= 0.3 is 0 Å². The molecule has 1 saturated carbocycles. The molecule has 0 N–H and O–H groups in total. The molecule has 0 bridgehead atoms. The van der Waals surface area contributed by atoms with E-state index in [0.29, 0.717) is 11.7 Å². The zero-order valence-electron chi connectivity index (χ0n) is 7.14. The first-order chi connectivity index (χ1) is 5.34. The molecule has 0 unspecified atom stereocenters. The summed E-state index contributed by atoms with van der Waals surface area (Å²) in [6.07, 6.45) is 3.90. The quantitative estimate of drug-likeness (QED) is 0.548. The molecule has 1 aliphatic carbocycles. The van der Waals surface area contributed by atoms with Crippen LogP contribution in [0.4, 0.5) is 0 Å². The number of ketones is 1. The van der Waals surface area contributed by atoms with Crippen LogP contribution in [-0.4, -0.2) is 19.0 Å². The van der Waals surface area contributed by atoms with Crippen molar-refractivity contribution < 1.29 is 9.53 Å². The second-order valence-corrected chi connectivity index (χ2v) is 3.04. The SMILES string of the molecule is CCOCCCC(=O)C1CC1. The Morgan fingerprint density at radius 2 is 2.27 bits per heavy atom. The van der Waals surface area contributed by atoms with Gasteiger partial charge in [0.2, 0.25) is 0 Å². The number of rotatable bonds is 6. The molecule has 0 radical (unpaired) electrons. The van der Waals surface area contributed by atoms with Gasteiger partial charge in [0.1, 0.15) is 5.78 Å². The minimum Gasteiger partial charge on any atom is -0.382 e. The fourth-order valence-electron chi connectivity index (χ4n) is 1.10. The van der Waals surface area contributed by atoms with Crippen molar-refractivity contribution in [3.05, 3.63) is 0 Å². The van der Waals surface area contributed by atoms with Gasteiger partial charge in [-0.25, -0.2) is 0 Å². The molecule has 1 fully saturated rings. The molecule has 0 aromatic heterocycles. The highest BCUT2D eigenvalue weighted by Gasteiger charge is 2.28. The third-order valence-corrected chi connectivity index (χ3v) is 1.95. The maximum Gasteiger partial charge on any atom is 0.136 e. The monoisotopic (exact) mass is 156 g/mol. The molecular weight excluding hydrogens is 140 g/mol. The largest absolute Gasteiger partial charge is 0.382 e. The highest BCUT2D eigenvalue weighted by atomic mass is 16.5. The van der Waals surface area contributed by atoms with E-state index in [-0.39, 0.29) is 0 Å². The number of carbonyl (C=O) groups is 1. The lowest BCUT2D eigenvalue weighted by Gasteiger charge is -1.99. The number of ether oxygens (including phenoxy) is 1. The molecule has 0 amide bonds. The molecule has 64 valence electrons. The lowest BCUT2D eigenvalue weighted by atomic mass is 10.1. The Morgan fingerprint density at radius 1 is 1.55 bits per heavy atom. The Bertz CT molecular complexity index is 128. The molecule has 0 spiro atoms. The Labute approximate surface area is 67.9 Å². The van der Waals surface area contributed by atoms with Crippen molar-refractivity contribution in [2.75, 3.05) is 13.2 Å². The molecule has 0 saturated heterocycles. The number of hydrogen-bond donors (Lipinski definition) is 0. The van der Waals surface area contributed by atoms with E-state index in [1.165, 1.54) is 0 Å². The summed E-state index contributed by atoms with van der Waals surface area (Å²) in [6.45, 7) is 3.48. The normalized spacial score (nSPS) is 16.8. The summed E-state index contributed by atoms with van der Waals surface area (Å²) in [6, 6.07) is 0. The smallest absolute Gasteiger partial charge is 0.136 e. The van der Waals surface area contributed by atoms with E-state index >= 15 is 0 Å². The Morgan fingerprint density at radius 3 is 2.82 bits per heavy atom.